The molecule has 0 aromatic carbocycles. The number of aliphatic hydroxyl groups is 1. The van der Waals surface area contributed by atoms with Crippen molar-refractivity contribution in [3.05, 3.63) is 0 Å². The minimum absolute atomic E-state index is 0.0822. The third-order valence-corrected chi connectivity index (χ3v) is 13.6. The van der Waals surface area contributed by atoms with Gasteiger partial charge in [-0.1, -0.05) is 0 Å². The Hall–Kier alpha value is 0.759. The van der Waals surface area contributed by atoms with E-state index in [1.165, 1.54) is 25.7 Å². The van der Waals surface area contributed by atoms with Crippen LogP contribution in [0, 0.1) is 23.7 Å². The van der Waals surface area contributed by atoms with E-state index in [1.54, 1.807) is 0 Å². The summed E-state index contributed by atoms with van der Waals surface area (Å²) >= 11 is -1.81. The van der Waals surface area contributed by atoms with Crippen molar-refractivity contribution in [1.29, 1.82) is 0 Å². The van der Waals surface area contributed by atoms with E-state index in [-0.39, 0.29) is 6.10 Å². The van der Waals surface area contributed by atoms with E-state index < -0.39 is 18.4 Å². The molecule has 0 aromatic heterocycles. The van der Waals surface area contributed by atoms with Crippen LogP contribution in [0.3, 0.4) is 0 Å². The van der Waals surface area contributed by atoms with Crippen LogP contribution in [0.15, 0.2) is 0 Å². The molecule has 2 heteroatoms. The van der Waals surface area contributed by atoms with Crippen LogP contribution in [0.5, 0.6) is 0 Å². The zero-order valence-corrected chi connectivity index (χ0v) is 13.1. The van der Waals surface area contributed by atoms with Gasteiger partial charge in [-0.25, -0.2) is 0 Å². The molecule has 0 radical (unpaired) electrons. The summed E-state index contributed by atoms with van der Waals surface area (Å²) in [7, 11) is 0. The van der Waals surface area contributed by atoms with Crippen LogP contribution < -0.4 is 0 Å². The molecular formula is C13H24OSn. The molecule has 1 nitrogen and oxygen atoms in total. The first kappa shape index (κ1) is 10.9. The number of rotatable bonds is 1. The van der Waals surface area contributed by atoms with Crippen LogP contribution in [-0.4, -0.2) is 29.6 Å². The van der Waals surface area contributed by atoms with Gasteiger partial charge in [-0.2, -0.15) is 0 Å². The van der Waals surface area contributed by atoms with E-state index in [2.05, 4.69) is 14.8 Å². The van der Waals surface area contributed by atoms with Crippen molar-refractivity contribution in [3.63, 3.8) is 0 Å². The first-order chi connectivity index (χ1) is 6.97. The monoisotopic (exact) mass is 316 g/mol. The van der Waals surface area contributed by atoms with Crippen LogP contribution >= 0.6 is 0 Å². The summed E-state index contributed by atoms with van der Waals surface area (Å²) in [5.41, 5.74) is 0. The zero-order valence-electron chi connectivity index (χ0n) is 10.2. The summed E-state index contributed by atoms with van der Waals surface area (Å²) in [6, 6.07) is 0. The van der Waals surface area contributed by atoms with Gasteiger partial charge in [0, 0.05) is 0 Å². The SMILES string of the molecule is [CH3][Sn]([CH3])([CH3])[C@H]1C2CC3CC(C2)[C@H](O)C1C3. The fourth-order valence-electron chi connectivity index (χ4n) is 5.23. The summed E-state index contributed by atoms with van der Waals surface area (Å²) in [5.74, 6) is 3.42. The van der Waals surface area contributed by atoms with Crippen LogP contribution in [0.25, 0.3) is 0 Å². The first-order valence-corrected chi connectivity index (χ1v) is 16.9. The van der Waals surface area contributed by atoms with Crippen molar-refractivity contribution in [1.82, 2.24) is 0 Å². The Morgan fingerprint density at radius 1 is 0.933 bits per heavy atom. The number of hydrogen-bond donors (Lipinski definition) is 1. The summed E-state index contributed by atoms with van der Waals surface area (Å²) in [6.45, 7) is 0. The normalized spacial score (nSPS) is 53.6. The van der Waals surface area contributed by atoms with Crippen molar-refractivity contribution in [3.8, 4) is 0 Å². The molecule has 0 aliphatic heterocycles. The van der Waals surface area contributed by atoms with Gasteiger partial charge in [0.1, 0.15) is 0 Å². The van der Waals surface area contributed by atoms with Crippen molar-refractivity contribution in [2.45, 2.75) is 50.5 Å². The molecule has 86 valence electrons. The van der Waals surface area contributed by atoms with E-state index in [0.717, 1.165) is 21.7 Å². The molecule has 0 heterocycles. The van der Waals surface area contributed by atoms with E-state index >= 15 is 0 Å². The van der Waals surface area contributed by atoms with Gasteiger partial charge in [-0.15, -0.1) is 0 Å². The molecule has 4 aliphatic rings. The first-order valence-electron chi connectivity index (χ1n) is 6.65. The predicted octanol–water partition coefficient (Wildman–Crippen LogP) is 3.12. The molecule has 4 rings (SSSR count). The summed E-state index contributed by atoms with van der Waals surface area (Å²) in [5, 5.41) is 10.4. The van der Waals surface area contributed by atoms with Crippen molar-refractivity contribution in [2.24, 2.45) is 23.7 Å². The molecular weight excluding hydrogens is 291 g/mol. The molecule has 4 aliphatic carbocycles. The van der Waals surface area contributed by atoms with Gasteiger partial charge in [0.25, 0.3) is 0 Å². The molecule has 0 spiro atoms. The third kappa shape index (κ3) is 1.60. The topological polar surface area (TPSA) is 20.2 Å². The molecule has 4 bridgehead atoms. The zero-order chi connectivity index (χ0) is 10.8. The summed E-state index contributed by atoms with van der Waals surface area (Å²) in [4.78, 5) is 7.73. The van der Waals surface area contributed by atoms with Crippen LogP contribution in [0.2, 0.25) is 18.8 Å². The molecule has 0 saturated heterocycles. The molecule has 1 N–H and O–H groups in total. The Balaban J connectivity index is 1.92. The Bertz CT molecular complexity index is 270. The minimum atomic E-state index is -1.81. The Morgan fingerprint density at radius 2 is 1.60 bits per heavy atom. The van der Waals surface area contributed by atoms with E-state index in [0.29, 0.717) is 5.92 Å². The Morgan fingerprint density at radius 3 is 2.27 bits per heavy atom. The van der Waals surface area contributed by atoms with Gasteiger partial charge in [-0.05, 0) is 0 Å². The van der Waals surface area contributed by atoms with Gasteiger partial charge in [0.05, 0.1) is 0 Å². The molecule has 0 aromatic rings. The van der Waals surface area contributed by atoms with Crippen LogP contribution in [-0.2, 0) is 0 Å². The molecule has 4 fully saturated rings. The fraction of sp³-hybridized carbons (Fsp3) is 1.00. The molecule has 0 amide bonds. The standard InChI is InChI=1S/C10H15O.3CH3.Sn/c11-10-8-2-6-1-7(4-8)5-9(10)3-6;;;;/h2,6-11H,1,3-5H2;3*1H3;/t6?,7?,8?,9?,10-;;;;/m1..../s1. The average Bonchev–Trinajstić information content (AvgIpc) is 2.10. The van der Waals surface area contributed by atoms with Crippen LogP contribution in [0.4, 0.5) is 0 Å². The maximum atomic E-state index is 10.4. The Kier molecular flexibility index (Phi) is 2.45. The van der Waals surface area contributed by atoms with Gasteiger partial charge in [-0.3, -0.25) is 0 Å². The van der Waals surface area contributed by atoms with Crippen molar-refractivity contribution >= 4 is 18.4 Å². The maximum absolute atomic E-state index is 10.4. The number of hydrogen-bond acceptors (Lipinski definition) is 1. The van der Waals surface area contributed by atoms with Crippen molar-refractivity contribution in [2.75, 3.05) is 0 Å². The quantitative estimate of drug-likeness (QED) is 0.737. The van der Waals surface area contributed by atoms with E-state index in [9.17, 15) is 5.11 Å². The second kappa shape index (κ2) is 3.38. The summed E-state index contributed by atoms with van der Waals surface area (Å²) < 4.78 is 0.988. The van der Waals surface area contributed by atoms with Gasteiger partial charge < -0.3 is 0 Å². The third-order valence-electron chi connectivity index (χ3n) is 5.37. The average molecular weight is 315 g/mol. The van der Waals surface area contributed by atoms with E-state index in [1.807, 2.05) is 0 Å². The second-order valence-corrected chi connectivity index (χ2v) is 22.8. The van der Waals surface area contributed by atoms with Gasteiger partial charge >= 0.3 is 97.7 Å². The van der Waals surface area contributed by atoms with Gasteiger partial charge in [0.15, 0.2) is 0 Å². The molecule has 4 unspecified atom stereocenters. The molecule has 15 heavy (non-hydrogen) atoms. The molecule has 4 saturated carbocycles. The predicted molar refractivity (Wildman–Crippen MR) is 65.5 cm³/mol. The number of aliphatic hydroxyl groups excluding tert-OH is 1. The summed E-state index contributed by atoms with van der Waals surface area (Å²) in [6.07, 6.45) is 5.68. The van der Waals surface area contributed by atoms with Crippen molar-refractivity contribution < 1.29 is 5.11 Å². The van der Waals surface area contributed by atoms with Gasteiger partial charge in [0.2, 0.25) is 0 Å². The Labute approximate surface area is 97.5 Å². The fourth-order valence-corrected chi connectivity index (χ4v) is 14.7. The second-order valence-electron chi connectivity index (χ2n) is 7.38. The van der Waals surface area contributed by atoms with E-state index in [4.69, 9.17) is 0 Å². The molecule has 6 atom stereocenters. The van der Waals surface area contributed by atoms with Crippen LogP contribution in [0.1, 0.15) is 25.7 Å².